The molecule has 138 valence electrons. The molecule has 1 aliphatic carbocycles. The lowest BCUT2D eigenvalue weighted by molar-refractivity contribution is 0.0950. The standard InChI is InChI=1S/C20H27N5O/c26-20(22-9-4-12-24-13-10-21-11-14-24)18-15-23-25(19(18)16-7-8-16)17-5-2-1-3-6-17/h1-3,5-6,15-16,21H,4,7-14H2,(H,22,26). The summed E-state index contributed by atoms with van der Waals surface area (Å²) in [6.07, 6.45) is 4.99. The van der Waals surface area contributed by atoms with Crippen LogP contribution in [0.25, 0.3) is 5.69 Å². The molecule has 2 aliphatic rings. The van der Waals surface area contributed by atoms with Crippen molar-refractivity contribution in [2.45, 2.75) is 25.2 Å². The van der Waals surface area contributed by atoms with Gasteiger partial charge in [-0.05, 0) is 37.9 Å². The number of para-hydroxylation sites is 1. The van der Waals surface area contributed by atoms with Crippen LogP contribution in [0.1, 0.15) is 41.2 Å². The molecular weight excluding hydrogens is 326 g/mol. The van der Waals surface area contributed by atoms with E-state index in [0.717, 1.165) is 68.9 Å². The molecule has 1 aliphatic heterocycles. The molecule has 1 saturated heterocycles. The van der Waals surface area contributed by atoms with Crippen LogP contribution in [0.15, 0.2) is 36.5 Å². The fourth-order valence-corrected chi connectivity index (χ4v) is 3.59. The molecule has 0 atom stereocenters. The highest BCUT2D eigenvalue weighted by atomic mass is 16.1. The Labute approximate surface area is 154 Å². The molecule has 0 bridgehead atoms. The molecule has 1 aromatic carbocycles. The van der Waals surface area contributed by atoms with Gasteiger partial charge in [-0.15, -0.1) is 0 Å². The first-order valence-electron chi connectivity index (χ1n) is 9.67. The average Bonchev–Trinajstić information content (AvgIpc) is 3.44. The molecule has 0 spiro atoms. The largest absolute Gasteiger partial charge is 0.352 e. The Morgan fingerprint density at radius 2 is 1.96 bits per heavy atom. The van der Waals surface area contributed by atoms with E-state index >= 15 is 0 Å². The summed E-state index contributed by atoms with van der Waals surface area (Å²) in [5.41, 5.74) is 2.82. The van der Waals surface area contributed by atoms with Crippen molar-refractivity contribution in [2.75, 3.05) is 39.3 Å². The number of aromatic nitrogens is 2. The fourth-order valence-electron chi connectivity index (χ4n) is 3.59. The second-order valence-corrected chi connectivity index (χ2v) is 7.17. The molecule has 2 fully saturated rings. The number of nitrogens with zero attached hydrogens (tertiary/aromatic N) is 3. The van der Waals surface area contributed by atoms with Crippen molar-refractivity contribution in [3.63, 3.8) is 0 Å². The van der Waals surface area contributed by atoms with Gasteiger partial charge >= 0.3 is 0 Å². The van der Waals surface area contributed by atoms with Gasteiger partial charge < -0.3 is 15.5 Å². The highest BCUT2D eigenvalue weighted by molar-refractivity contribution is 5.95. The molecule has 2 aromatic rings. The van der Waals surface area contributed by atoms with Crippen molar-refractivity contribution in [3.05, 3.63) is 47.8 Å². The summed E-state index contributed by atoms with van der Waals surface area (Å²) in [5.74, 6) is 0.466. The summed E-state index contributed by atoms with van der Waals surface area (Å²) in [7, 11) is 0. The van der Waals surface area contributed by atoms with E-state index < -0.39 is 0 Å². The minimum absolute atomic E-state index is 0.00870. The number of hydrogen-bond donors (Lipinski definition) is 2. The third kappa shape index (κ3) is 3.97. The second-order valence-electron chi connectivity index (χ2n) is 7.17. The Kier molecular flexibility index (Phi) is 5.32. The van der Waals surface area contributed by atoms with Crippen molar-refractivity contribution in [1.29, 1.82) is 0 Å². The van der Waals surface area contributed by atoms with Gasteiger partial charge in [0.1, 0.15) is 0 Å². The lowest BCUT2D eigenvalue weighted by Gasteiger charge is -2.27. The highest BCUT2D eigenvalue weighted by Crippen LogP contribution is 2.42. The first-order chi connectivity index (χ1) is 12.8. The van der Waals surface area contributed by atoms with E-state index in [-0.39, 0.29) is 5.91 Å². The summed E-state index contributed by atoms with van der Waals surface area (Å²) < 4.78 is 1.94. The Balaban J connectivity index is 1.37. The zero-order valence-electron chi connectivity index (χ0n) is 15.2. The molecule has 1 amide bonds. The van der Waals surface area contributed by atoms with Crippen molar-refractivity contribution >= 4 is 5.91 Å². The first kappa shape index (κ1) is 17.2. The first-order valence-corrected chi connectivity index (χ1v) is 9.67. The predicted molar refractivity (Wildman–Crippen MR) is 102 cm³/mol. The second kappa shape index (κ2) is 8.01. The minimum Gasteiger partial charge on any atom is -0.352 e. The van der Waals surface area contributed by atoms with Crippen LogP contribution in [0, 0.1) is 0 Å². The number of carbonyl (C=O) groups is 1. The molecule has 1 saturated carbocycles. The molecule has 6 heteroatoms. The third-order valence-corrected chi connectivity index (χ3v) is 5.16. The molecule has 4 rings (SSSR count). The molecule has 2 heterocycles. The summed E-state index contributed by atoms with van der Waals surface area (Å²) in [5, 5.41) is 11.0. The van der Waals surface area contributed by atoms with E-state index in [4.69, 9.17) is 0 Å². The van der Waals surface area contributed by atoms with Gasteiger partial charge in [0, 0.05) is 38.6 Å². The molecule has 0 unspecified atom stereocenters. The highest BCUT2D eigenvalue weighted by Gasteiger charge is 2.32. The van der Waals surface area contributed by atoms with Gasteiger partial charge in [0.25, 0.3) is 5.91 Å². The van der Waals surface area contributed by atoms with Crippen LogP contribution in [0.2, 0.25) is 0 Å². The van der Waals surface area contributed by atoms with E-state index in [0.29, 0.717) is 12.5 Å². The molecule has 1 aromatic heterocycles. The van der Waals surface area contributed by atoms with E-state index in [1.54, 1.807) is 6.20 Å². The summed E-state index contributed by atoms with van der Waals surface area (Å²) in [6, 6.07) is 10.1. The smallest absolute Gasteiger partial charge is 0.254 e. The van der Waals surface area contributed by atoms with Gasteiger partial charge in [0.05, 0.1) is 23.1 Å². The van der Waals surface area contributed by atoms with Gasteiger partial charge in [-0.1, -0.05) is 18.2 Å². The van der Waals surface area contributed by atoms with Gasteiger partial charge in [0.15, 0.2) is 0 Å². The number of hydrogen-bond acceptors (Lipinski definition) is 4. The molecule has 6 nitrogen and oxygen atoms in total. The monoisotopic (exact) mass is 353 g/mol. The van der Waals surface area contributed by atoms with Crippen molar-refractivity contribution in [1.82, 2.24) is 25.3 Å². The number of amides is 1. The quantitative estimate of drug-likeness (QED) is 0.745. The van der Waals surface area contributed by atoms with Gasteiger partial charge in [-0.2, -0.15) is 5.10 Å². The zero-order valence-corrected chi connectivity index (χ0v) is 15.2. The molecule has 26 heavy (non-hydrogen) atoms. The predicted octanol–water partition coefficient (Wildman–Crippen LogP) is 1.77. The van der Waals surface area contributed by atoms with E-state index in [1.807, 2.05) is 35.0 Å². The number of piperazine rings is 1. The fraction of sp³-hybridized carbons (Fsp3) is 0.500. The van der Waals surface area contributed by atoms with Crippen molar-refractivity contribution in [2.24, 2.45) is 0 Å². The maximum Gasteiger partial charge on any atom is 0.254 e. The number of carbonyl (C=O) groups excluding carboxylic acids is 1. The topological polar surface area (TPSA) is 62.2 Å². The lowest BCUT2D eigenvalue weighted by Crippen LogP contribution is -2.44. The van der Waals surface area contributed by atoms with Crippen molar-refractivity contribution < 1.29 is 4.79 Å². The van der Waals surface area contributed by atoms with E-state index in [2.05, 4.69) is 20.6 Å². The maximum atomic E-state index is 12.7. The normalized spacial score (nSPS) is 18.0. The molecular formula is C20H27N5O. The van der Waals surface area contributed by atoms with E-state index in [9.17, 15) is 4.79 Å². The van der Waals surface area contributed by atoms with Crippen molar-refractivity contribution in [3.8, 4) is 5.69 Å². The van der Waals surface area contributed by atoms with Gasteiger partial charge in [-0.3, -0.25) is 4.79 Å². The van der Waals surface area contributed by atoms with Crippen LogP contribution >= 0.6 is 0 Å². The van der Waals surface area contributed by atoms with Crippen LogP contribution in [0.4, 0.5) is 0 Å². The van der Waals surface area contributed by atoms with Crippen LogP contribution in [-0.2, 0) is 0 Å². The number of rotatable bonds is 7. The Bertz CT molecular complexity index is 732. The Hall–Kier alpha value is -2.18. The van der Waals surface area contributed by atoms with Gasteiger partial charge in [-0.25, -0.2) is 4.68 Å². The number of benzene rings is 1. The van der Waals surface area contributed by atoms with Gasteiger partial charge in [0.2, 0.25) is 0 Å². The van der Waals surface area contributed by atoms with Crippen LogP contribution < -0.4 is 10.6 Å². The SMILES string of the molecule is O=C(NCCCN1CCNCC1)c1cnn(-c2ccccc2)c1C1CC1. The third-order valence-electron chi connectivity index (χ3n) is 5.16. The Morgan fingerprint density at radius 1 is 1.19 bits per heavy atom. The number of nitrogens with one attached hydrogen (secondary N) is 2. The minimum atomic E-state index is 0.00870. The van der Waals surface area contributed by atoms with Crippen LogP contribution in [0.3, 0.4) is 0 Å². The average molecular weight is 353 g/mol. The molecule has 2 N–H and O–H groups in total. The summed E-state index contributed by atoms with van der Waals surface area (Å²) in [6.45, 7) is 6.09. The van der Waals surface area contributed by atoms with E-state index in [1.165, 1.54) is 0 Å². The zero-order chi connectivity index (χ0) is 17.8. The summed E-state index contributed by atoms with van der Waals surface area (Å²) >= 11 is 0. The summed E-state index contributed by atoms with van der Waals surface area (Å²) in [4.78, 5) is 15.2. The maximum absolute atomic E-state index is 12.7. The van der Waals surface area contributed by atoms with Crippen LogP contribution in [-0.4, -0.2) is 59.9 Å². The Morgan fingerprint density at radius 3 is 2.69 bits per heavy atom. The van der Waals surface area contributed by atoms with Crippen LogP contribution in [0.5, 0.6) is 0 Å². The molecule has 0 radical (unpaired) electrons. The lowest BCUT2D eigenvalue weighted by atomic mass is 10.1.